The van der Waals surface area contributed by atoms with Crippen LogP contribution in [0.2, 0.25) is 5.02 Å². The van der Waals surface area contributed by atoms with Crippen molar-refractivity contribution in [3.63, 3.8) is 0 Å². The number of hydrogen-bond donors (Lipinski definition) is 0. The molecule has 0 fully saturated rings. The Kier molecular flexibility index (Phi) is 3.70. The van der Waals surface area contributed by atoms with Crippen LogP contribution in [0.25, 0.3) is 0 Å². The minimum absolute atomic E-state index is 0.541. The monoisotopic (exact) mass is 251 g/mol. The fourth-order valence-corrected chi connectivity index (χ4v) is 1.72. The number of benzene rings is 2. The van der Waals surface area contributed by atoms with E-state index >= 15 is 0 Å². The molecule has 0 saturated carbocycles. The van der Waals surface area contributed by atoms with Crippen molar-refractivity contribution in [3.8, 4) is 5.75 Å². The summed E-state index contributed by atoms with van der Waals surface area (Å²) in [5.74, 6) is 0.707. The van der Waals surface area contributed by atoms with Crippen LogP contribution >= 0.6 is 23.2 Å². The quantitative estimate of drug-likeness (QED) is 0.733. The van der Waals surface area contributed by atoms with Crippen LogP contribution in [0.3, 0.4) is 0 Å². The average Bonchev–Trinajstić information content (AvgIpc) is 2.30. The van der Waals surface area contributed by atoms with Gasteiger partial charge in [-0.25, -0.2) is 0 Å². The maximum Gasteiger partial charge on any atom is 0.197 e. The molecule has 0 heterocycles. The topological polar surface area (TPSA) is 9.23 Å². The van der Waals surface area contributed by atoms with E-state index in [0.717, 1.165) is 5.56 Å². The Hall–Kier alpha value is -1.18. The Bertz CT molecular complexity index is 456. The first-order valence-corrected chi connectivity index (χ1v) is 5.59. The highest BCUT2D eigenvalue weighted by atomic mass is 35.5. The van der Waals surface area contributed by atoms with Crippen molar-refractivity contribution in [1.82, 2.24) is 0 Å². The summed E-state index contributed by atoms with van der Waals surface area (Å²) in [7, 11) is 0. The Labute approximate surface area is 105 Å². The van der Waals surface area contributed by atoms with Crippen LogP contribution in [0, 0.1) is 6.07 Å². The van der Waals surface area contributed by atoms with Crippen LogP contribution in [0.15, 0.2) is 48.5 Å². The molecule has 1 radical (unpaired) electrons. The SMILES string of the molecule is Clc1cccc(C(Cl)Oc2cc[c]cc2)c1. The van der Waals surface area contributed by atoms with Crippen molar-refractivity contribution >= 4 is 23.2 Å². The lowest BCUT2D eigenvalue weighted by molar-refractivity contribution is 0.288. The van der Waals surface area contributed by atoms with Gasteiger partial charge in [-0.15, -0.1) is 0 Å². The zero-order valence-electron chi connectivity index (χ0n) is 8.36. The van der Waals surface area contributed by atoms with Crippen LogP contribution in [-0.2, 0) is 0 Å². The third-order valence-corrected chi connectivity index (χ3v) is 2.61. The van der Waals surface area contributed by atoms with E-state index in [-0.39, 0.29) is 0 Å². The Balaban J connectivity index is 2.12. The molecule has 81 valence electrons. The molecule has 0 aliphatic rings. The third-order valence-electron chi connectivity index (χ3n) is 2.04. The second-order valence-corrected chi connectivity index (χ2v) is 4.06. The van der Waals surface area contributed by atoms with Gasteiger partial charge in [0.25, 0.3) is 0 Å². The summed E-state index contributed by atoms with van der Waals surface area (Å²) in [6.45, 7) is 0. The predicted octanol–water partition coefficient (Wildman–Crippen LogP) is 4.46. The van der Waals surface area contributed by atoms with Crippen molar-refractivity contribution < 1.29 is 4.74 Å². The molecule has 0 aliphatic carbocycles. The molecule has 3 heteroatoms. The molecule has 1 atom stereocenters. The molecule has 2 rings (SSSR count). The molecule has 0 N–H and O–H groups in total. The van der Waals surface area contributed by atoms with E-state index in [1.807, 2.05) is 12.1 Å². The van der Waals surface area contributed by atoms with Gasteiger partial charge >= 0.3 is 0 Å². The van der Waals surface area contributed by atoms with Gasteiger partial charge in [0, 0.05) is 10.6 Å². The van der Waals surface area contributed by atoms with Gasteiger partial charge in [0.1, 0.15) is 5.75 Å². The second-order valence-electron chi connectivity index (χ2n) is 3.22. The van der Waals surface area contributed by atoms with Gasteiger partial charge in [-0.1, -0.05) is 47.5 Å². The highest BCUT2D eigenvalue weighted by Gasteiger charge is 2.09. The maximum atomic E-state index is 6.12. The Morgan fingerprint density at radius 1 is 1.12 bits per heavy atom. The molecule has 0 amide bonds. The number of rotatable bonds is 3. The van der Waals surface area contributed by atoms with E-state index in [4.69, 9.17) is 27.9 Å². The predicted molar refractivity (Wildman–Crippen MR) is 66.0 cm³/mol. The third kappa shape index (κ3) is 2.91. The minimum atomic E-state index is -0.541. The van der Waals surface area contributed by atoms with Crippen LogP contribution in [0.5, 0.6) is 5.75 Å². The zero-order valence-corrected chi connectivity index (χ0v) is 9.87. The van der Waals surface area contributed by atoms with E-state index in [1.165, 1.54) is 0 Å². The summed E-state index contributed by atoms with van der Waals surface area (Å²) in [5, 5.41) is 0.646. The summed E-state index contributed by atoms with van der Waals surface area (Å²) in [6, 6.07) is 17.4. The van der Waals surface area contributed by atoms with E-state index in [0.29, 0.717) is 10.8 Å². The van der Waals surface area contributed by atoms with E-state index in [1.54, 1.807) is 36.4 Å². The first kappa shape index (κ1) is 11.3. The smallest absolute Gasteiger partial charge is 0.197 e. The zero-order chi connectivity index (χ0) is 11.4. The summed E-state index contributed by atoms with van der Waals surface area (Å²) >= 11 is 12.0. The maximum absolute atomic E-state index is 6.12. The molecule has 0 aliphatic heterocycles. The van der Waals surface area contributed by atoms with E-state index < -0.39 is 5.56 Å². The minimum Gasteiger partial charge on any atom is -0.470 e. The summed E-state index contributed by atoms with van der Waals surface area (Å²) < 4.78 is 5.54. The van der Waals surface area contributed by atoms with Gasteiger partial charge in [-0.3, -0.25) is 0 Å². The van der Waals surface area contributed by atoms with Gasteiger partial charge in [-0.2, -0.15) is 0 Å². The van der Waals surface area contributed by atoms with Gasteiger partial charge < -0.3 is 4.74 Å². The normalized spacial score (nSPS) is 12.1. The molecule has 2 aromatic carbocycles. The summed E-state index contributed by atoms with van der Waals surface area (Å²) in [4.78, 5) is 0. The number of alkyl halides is 1. The van der Waals surface area contributed by atoms with Gasteiger partial charge in [0.15, 0.2) is 5.56 Å². The lowest BCUT2D eigenvalue weighted by Gasteiger charge is -2.12. The molecule has 0 bridgehead atoms. The van der Waals surface area contributed by atoms with Crippen LogP contribution in [0.4, 0.5) is 0 Å². The molecular weight excluding hydrogens is 243 g/mol. The van der Waals surface area contributed by atoms with Gasteiger partial charge in [0.05, 0.1) is 0 Å². The summed E-state index contributed by atoms with van der Waals surface area (Å²) in [6.07, 6.45) is 0. The van der Waals surface area contributed by atoms with Crippen molar-refractivity contribution in [3.05, 3.63) is 65.2 Å². The average molecular weight is 252 g/mol. The van der Waals surface area contributed by atoms with Gasteiger partial charge in [-0.05, 0) is 30.3 Å². The standard InChI is InChI=1S/C13H9Cl2O/c14-11-6-4-5-10(9-11)13(15)16-12-7-2-1-3-8-12/h2-9,13H. The first-order valence-electron chi connectivity index (χ1n) is 4.78. The van der Waals surface area contributed by atoms with Crippen molar-refractivity contribution in [2.45, 2.75) is 5.56 Å². The van der Waals surface area contributed by atoms with Crippen molar-refractivity contribution in [2.75, 3.05) is 0 Å². The van der Waals surface area contributed by atoms with Crippen molar-refractivity contribution in [2.24, 2.45) is 0 Å². The Morgan fingerprint density at radius 3 is 2.56 bits per heavy atom. The highest BCUT2D eigenvalue weighted by molar-refractivity contribution is 6.30. The number of ether oxygens (including phenoxy) is 1. The molecule has 16 heavy (non-hydrogen) atoms. The first-order chi connectivity index (χ1) is 7.75. The molecule has 0 aromatic heterocycles. The van der Waals surface area contributed by atoms with Crippen LogP contribution < -0.4 is 4.74 Å². The molecule has 0 spiro atoms. The molecule has 0 saturated heterocycles. The number of halogens is 2. The van der Waals surface area contributed by atoms with E-state index in [9.17, 15) is 0 Å². The lowest BCUT2D eigenvalue weighted by atomic mass is 10.2. The number of hydrogen-bond acceptors (Lipinski definition) is 1. The molecule has 1 unspecified atom stereocenters. The van der Waals surface area contributed by atoms with Crippen LogP contribution in [0.1, 0.15) is 11.1 Å². The second kappa shape index (κ2) is 5.24. The fourth-order valence-electron chi connectivity index (χ4n) is 1.29. The molecule has 1 nitrogen and oxygen atoms in total. The fraction of sp³-hybridized carbons (Fsp3) is 0.0769. The molecule has 2 aromatic rings. The van der Waals surface area contributed by atoms with Crippen LogP contribution in [-0.4, -0.2) is 0 Å². The Morgan fingerprint density at radius 2 is 1.88 bits per heavy atom. The lowest BCUT2D eigenvalue weighted by Crippen LogP contribution is -1.99. The van der Waals surface area contributed by atoms with E-state index in [2.05, 4.69) is 6.07 Å². The highest BCUT2D eigenvalue weighted by Crippen LogP contribution is 2.26. The van der Waals surface area contributed by atoms with Crippen molar-refractivity contribution in [1.29, 1.82) is 0 Å². The van der Waals surface area contributed by atoms with Gasteiger partial charge in [0.2, 0.25) is 0 Å². The molecular formula is C13H9Cl2O. The summed E-state index contributed by atoms with van der Waals surface area (Å²) in [5.41, 5.74) is 0.295. The largest absolute Gasteiger partial charge is 0.470 e.